The Labute approximate surface area is 173 Å². The maximum atomic E-state index is 14.2. The number of aliphatic hydroxyl groups is 1. The molecule has 1 aliphatic heterocycles. The summed E-state index contributed by atoms with van der Waals surface area (Å²) >= 11 is 5.67. The summed E-state index contributed by atoms with van der Waals surface area (Å²) in [5.41, 5.74) is -2.30. The zero-order valence-electron chi connectivity index (χ0n) is 15.6. The SMILES string of the molecule is C[C@]1(CO)C(=O)N(c2ncc(Cl)cc2F)CC(=O)N1Cc1ccc(C(F)(F)F)cc1. The van der Waals surface area contributed by atoms with Crippen LogP contribution in [0.4, 0.5) is 23.4 Å². The standard InChI is InChI=1S/C19H16ClF4N3O3/c1-18(10-28)17(30)26(16-14(21)6-13(20)7-25-16)9-15(29)27(18)8-11-2-4-12(5-3-11)19(22,23)24/h2-7,28H,8-10H2,1H3/t18-/m0/s1. The fraction of sp³-hybridized carbons (Fsp3) is 0.316. The van der Waals surface area contributed by atoms with Gasteiger partial charge in [-0.2, -0.15) is 13.2 Å². The molecule has 1 atom stereocenters. The van der Waals surface area contributed by atoms with Gasteiger partial charge >= 0.3 is 6.18 Å². The van der Waals surface area contributed by atoms with E-state index in [9.17, 15) is 32.3 Å². The van der Waals surface area contributed by atoms with Crippen LogP contribution in [0.15, 0.2) is 36.5 Å². The molecule has 2 amide bonds. The maximum absolute atomic E-state index is 14.2. The van der Waals surface area contributed by atoms with Crippen LogP contribution in [-0.2, 0) is 22.3 Å². The summed E-state index contributed by atoms with van der Waals surface area (Å²) < 4.78 is 52.5. The molecule has 0 saturated carbocycles. The van der Waals surface area contributed by atoms with E-state index in [-0.39, 0.29) is 11.6 Å². The zero-order valence-corrected chi connectivity index (χ0v) is 16.3. The second-order valence-electron chi connectivity index (χ2n) is 6.96. The molecule has 0 aliphatic carbocycles. The highest BCUT2D eigenvalue weighted by molar-refractivity contribution is 6.30. The first-order valence-corrected chi connectivity index (χ1v) is 9.05. The molecule has 1 saturated heterocycles. The van der Waals surface area contributed by atoms with Crippen molar-refractivity contribution >= 4 is 29.2 Å². The van der Waals surface area contributed by atoms with Gasteiger partial charge in [-0.05, 0) is 30.7 Å². The van der Waals surface area contributed by atoms with Crippen molar-refractivity contribution in [1.29, 1.82) is 0 Å². The second-order valence-corrected chi connectivity index (χ2v) is 7.39. The number of benzene rings is 1. The van der Waals surface area contributed by atoms with E-state index < -0.39 is 53.9 Å². The van der Waals surface area contributed by atoms with Gasteiger partial charge in [-0.15, -0.1) is 0 Å². The zero-order chi connectivity index (χ0) is 22.3. The summed E-state index contributed by atoms with van der Waals surface area (Å²) in [5.74, 6) is -2.75. The molecule has 11 heteroatoms. The fourth-order valence-electron chi connectivity index (χ4n) is 3.15. The number of halogens is 5. The Morgan fingerprint density at radius 1 is 1.23 bits per heavy atom. The first kappa shape index (κ1) is 22.0. The lowest BCUT2D eigenvalue weighted by Crippen LogP contribution is -2.68. The van der Waals surface area contributed by atoms with E-state index in [0.29, 0.717) is 5.56 Å². The molecular weight excluding hydrogens is 430 g/mol. The third kappa shape index (κ3) is 3.97. The highest BCUT2D eigenvalue weighted by Crippen LogP contribution is 2.32. The van der Waals surface area contributed by atoms with Crippen molar-refractivity contribution in [2.45, 2.75) is 25.2 Å². The third-order valence-electron chi connectivity index (χ3n) is 4.87. The number of aliphatic hydroxyl groups excluding tert-OH is 1. The van der Waals surface area contributed by atoms with E-state index in [1.165, 1.54) is 19.1 Å². The van der Waals surface area contributed by atoms with Gasteiger partial charge in [-0.1, -0.05) is 23.7 Å². The van der Waals surface area contributed by atoms with Gasteiger partial charge in [0.1, 0.15) is 12.1 Å². The quantitative estimate of drug-likeness (QED) is 0.734. The predicted molar refractivity (Wildman–Crippen MR) is 99.0 cm³/mol. The van der Waals surface area contributed by atoms with Gasteiger partial charge in [0.15, 0.2) is 11.6 Å². The summed E-state index contributed by atoms with van der Waals surface area (Å²) in [6.07, 6.45) is -3.40. The highest BCUT2D eigenvalue weighted by Gasteiger charge is 2.50. The van der Waals surface area contributed by atoms with Crippen molar-refractivity contribution in [2.75, 3.05) is 18.1 Å². The molecule has 0 radical (unpaired) electrons. The number of carbonyl (C=O) groups excluding carboxylic acids is 2. The Morgan fingerprint density at radius 3 is 2.40 bits per heavy atom. The molecule has 6 nitrogen and oxygen atoms in total. The number of rotatable bonds is 4. The van der Waals surface area contributed by atoms with Gasteiger partial charge in [0, 0.05) is 12.7 Å². The summed E-state index contributed by atoms with van der Waals surface area (Å²) in [6, 6.07) is 5.03. The lowest BCUT2D eigenvalue weighted by Gasteiger charge is -2.46. The number of anilines is 1. The molecule has 1 aromatic heterocycles. The summed E-state index contributed by atoms with van der Waals surface area (Å²) in [7, 11) is 0. The number of piperazine rings is 1. The number of amides is 2. The molecule has 160 valence electrons. The summed E-state index contributed by atoms with van der Waals surface area (Å²) in [5, 5.41) is 9.89. The fourth-order valence-corrected chi connectivity index (χ4v) is 3.29. The molecule has 2 aromatic rings. The van der Waals surface area contributed by atoms with Crippen molar-refractivity contribution < 1.29 is 32.3 Å². The second kappa shape index (κ2) is 7.84. The number of pyridine rings is 1. The van der Waals surface area contributed by atoms with Crippen molar-refractivity contribution in [3.63, 3.8) is 0 Å². The molecule has 0 unspecified atom stereocenters. The van der Waals surface area contributed by atoms with Crippen LogP contribution in [0.25, 0.3) is 0 Å². The largest absolute Gasteiger partial charge is 0.416 e. The number of carbonyl (C=O) groups is 2. The van der Waals surface area contributed by atoms with Crippen LogP contribution in [0.2, 0.25) is 5.02 Å². The van der Waals surface area contributed by atoms with Gasteiger partial charge in [0.2, 0.25) is 5.91 Å². The van der Waals surface area contributed by atoms with Crippen molar-refractivity contribution in [2.24, 2.45) is 0 Å². The van der Waals surface area contributed by atoms with Gasteiger partial charge in [-0.3, -0.25) is 14.5 Å². The Bertz CT molecular complexity index is 984. The van der Waals surface area contributed by atoms with E-state index in [4.69, 9.17) is 11.6 Å². The van der Waals surface area contributed by atoms with Crippen LogP contribution in [0.1, 0.15) is 18.1 Å². The maximum Gasteiger partial charge on any atom is 0.416 e. The molecule has 3 rings (SSSR count). The molecule has 1 aliphatic rings. The topological polar surface area (TPSA) is 73.7 Å². The van der Waals surface area contributed by atoms with Crippen molar-refractivity contribution in [1.82, 2.24) is 9.88 Å². The summed E-state index contributed by atoms with van der Waals surface area (Å²) in [4.78, 5) is 31.4. The average molecular weight is 446 g/mol. The number of alkyl halides is 3. The van der Waals surface area contributed by atoms with Crippen molar-refractivity contribution in [3.8, 4) is 0 Å². The normalized spacial score (nSPS) is 20.1. The van der Waals surface area contributed by atoms with Crippen LogP contribution < -0.4 is 4.90 Å². The Hall–Kier alpha value is -2.72. The van der Waals surface area contributed by atoms with E-state index in [1.807, 2.05) is 0 Å². The lowest BCUT2D eigenvalue weighted by atomic mass is 9.94. The van der Waals surface area contributed by atoms with Crippen molar-refractivity contribution in [3.05, 3.63) is 58.5 Å². The van der Waals surface area contributed by atoms with Crippen LogP contribution in [0.3, 0.4) is 0 Å². The van der Waals surface area contributed by atoms with Gasteiger partial charge in [0.25, 0.3) is 5.91 Å². The third-order valence-corrected chi connectivity index (χ3v) is 5.08. The van der Waals surface area contributed by atoms with Crippen LogP contribution >= 0.6 is 11.6 Å². The smallest absolute Gasteiger partial charge is 0.393 e. The molecular formula is C19H16ClF4N3O3. The summed E-state index contributed by atoms with van der Waals surface area (Å²) in [6.45, 7) is -0.272. The van der Waals surface area contributed by atoms with E-state index >= 15 is 0 Å². The molecule has 30 heavy (non-hydrogen) atoms. The molecule has 0 bridgehead atoms. The molecule has 0 spiro atoms. The van der Waals surface area contributed by atoms with E-state index in [2.05, 4.69) is 4.98 Å². The first-order valence-electron chi connectivity index (χ1n) is 8.68. The van der Waals surface area contributed by atoms with Crippen LogP contribution in [0.5, 0.6) is 0 Å². The monoisotopic (exact) mass is 445 g/mol. The van der Waals surface area contributed by atoms with Gasteiger partial charge in [-0.25, -0.2) is 9.37 Å². The Kier molecular flexibility index (Phi) is 5.74. The first-order chi connectivity index (χ1) is 14.0. The number of hydrogen-bond donors (Lipinski definition) is 1. The van der Waals surface area contributed by atoms with Gasteiger partial charge < -0.3 is 10.0 Å². The molecule has 1 fully saturated rings. The minimum absolute atomic E-state index is 0.000820. The van der Waals surface area contributed by atoms with Crippen LogP contribution in [0, 0.1) is 5.82 Å². The lowest BCUT2D eigenvalue weighted by molar-refractivity contribution is -0.153. The molecule has 2 heterocycles. The van der Waals surface area contributed by atoms with E-state index in [0.717, 1.165) is 34.2 Å². The number of aromatic nitrogens is 1. The number of nitrogens with zero attached hydrogens (tertiary/aromatic N) is 3. The average Bonchev–Trinajstić information content (AvgIpc) is 2.68. The Balaban J connectivity index is 1.90. The molecule has 1 aromatic carbocycles. The van der Waals surface area contributed by atoms with E-state index in [1.54, 1.807) is 0 Å². The Morgan fingerprint density at radius 2 is 1.87 bits per heavy atom. The van der Waals surface area contributed by atoms with Gasteiger partial charge in [0.05, 0.1) is 17.2 Å². The highest BCUT2D eigenvalue weighted by atomic mass is 35.5. The minimum Gasteiger partial charge on any atom is -0.393 e. The minimum atomic E-state index is -4.51. The number of hydrogen-bond acceptors (Lipinski definition) is 4. The van der Waals surface area contributed by atoms with Crippen LogP contribution in [-0.4, -0.2) is 45.5 Å². The predicted octanol–water partition coefficient (Wildman–Crippen LogP) is 3.02. The molecule has 1 N–H and O–H groups in total.